The van der Waals surface area contributed by atoms with E-state index in [1.165, 1.54) is 154 Å². The molecule has 17 unspecified atom stereocenters. The molecule has 0 spiro atoms. The summed E-state index contributed by atoms with van der Waals surface area (Å²) in [5.74, 6) is -0.294. The van der Waals surface area contributed by atoms with Crippen LogP contribution in [-0.2, 0) is 33.2 Å². The Labute approximate surface area is 541 Å². The number of carbonyl (C=O) groups excluding carboxylic acids is 1. The lowest BCUT2D eigenvalue weighted by Gasteiger charge is -2.48. The van der Waals surface area contributed by atoms with E-state index in [1.54, 1.807) is 6.08 Å². The first-order valence-electron chi connectivity index (χ1n) is 35.5. The number of carbonyl (C=O) groups is 1. The minimum Gasteiger partial charge on any atom is -0.394 e. The van der Waals surface area contributed by atoms with E-state index in [2.05, 4.69) is 67.8 Å². The average Bonchev–Trinajstić information content (AvgIpc) is 0.846. The third kappa shape index (κ3) is 34.2. The van der Waals surface area contributed by atoms with Crippen molar-refractivity contribution in [3.8, 4) is 0 Å². The van der Waals surface area contributed by atoms with Gasteiger partial charge >= 0.3 is 0 Å². The molecule has 0 saturated carbocycles. The van der Waals surface area contributed by atoms with Crippen LogP contribution in [0.5, 0.6) is 0 Å². The minimum absolute atomic E-state index is 0.225. The molecular formula is C71H127NO18. The normalized spacial score (nSPS) is 28.4. The highest BCUT2D eigenvalue weighted by Gasteiger charge is 2.53. The molecule has 0 bridgehead atoms. The van der Waals surface area contributed by atoms with Gasteiger partial charge in [0.15, 0.2) is 18.9 Å². The smallest absolute Gasteiger partial charge is 0.220 e. The van der Waals surface area contributed by atoms with Crippen molar-refractivity contribution in [2.24, 2.45) is 0 Å². The maximum Gasteiger partial charge on any atom is 0.220 e. The monoisotopic (exact) mass is 1280 g/mol. The molecule has 1 amide bonds. The van der Waals surface area contributed by atoms with Gasteiger partial charge in [0.25, 0.3) is 0 Å². The molecule has 3 saturated heterocycles. The highest BCUT2D eigenvalue weighted by atomic mass is 16.8. The zero-order chi connectivity index (χ0) is 65.4. The second-order valence-corrected chi connectivity index (χ2v) is 25.3. The van der Waals surface area contributed by atoms with Gasteiger partial charge in [-0.3, -0.25) is 4.79 Å². The molecule has 0 aliphatic carbocycles. The van der Waals surface area contributed by atoms with Gasteiger partial charge in [-0.25, -0.2) is 0 Å². The third-order valence-corrected chi connectivity index (χ3v) is 17.5. The Morgan fingerprint density at radius 1 is 0.400 bits per heavy atom. The molecule has 19 heteroatoms. The zero-order valence-corrected chi connectivity index (χ0v) is 55.4. The van der Waals surface area contributed by atoms with Crippen LogP contribution in [0.3, 0.4) is 0 Å². The molecule has 12 N–H and O–H groups in total. The van der Waals surface area contributed by atoms with Gasteiger partial charge in [0.05, 0.1) is 38.6 Å². The Kier molecular flexibility index (Phi) is 47.9. The number of hydrogen-bond acceptors (Lipinski definition) is 18. The van der Waals surface area contributed by atoms with Crippen molar-refractivity contribution in [1.29, 1.82) is 0 Å². The van der Waals surface area contributed by atoms with Gasteiger partial charge < -0.3 is 89.9 Å². The molecule has 3 fully saturated rings. The van der Waals surface area contributed by atoms with Crippen LogP contribution in [0.15, 0.2) is 60.8 Å². The molecular weight excluding hydrogens is 1150 g/mol. The fraction of sp³-hybridized carbons (Fsp3) is 0.845. The molecule has 0 aromatic heterocycles. The SMILES string of the molecule is CCCCC/C=C\C/C=C\CCCCCCCCCCCC(=O)NC(COC1OC(CO)C(OC2OC(CO)C(OC3OC(CO)C(O)C(O)C3O)C(O)C2O)C(O)C1O)C(O)/C=C/CC/C=C/CC/C=C/CCCCCCCCCCCCCCCCCC. The lowest BCUT2D eigenvalue weighted by Crippen LogP contribution is -2.66. The van der Waals surface area contributed by atoms with Crippen molar-refractivity contribution >= 4 is 5.91 Å². The second-order valence-electron chi connectivity index (χ2n) is 25.3. The van der Waals surface area contributed by atoms with Crippen LogP contribution in [-0.4, -0.2) is 193 Å². The summed E-state index contributed by atoms with van der Waals surface area (Å²) >= 11 is 0. The zero-order valence-electron chi connectivity index (χ0n) is 55.4. The summed E-state index contributed by atoms with van der Waals surface area (Å²) < 4.78 is 34.3. The highest BCUT2D eigenvalue weighted by Crippen LogP contribution is 2.33. The Morgan fingerprint density at radius 2 is 0.744 bits per heavy atom. The molecule has 3 rings (SSSR count). The predicted molar refractivity (Wildman–Crippen MR) is 351 cm³/mol. The first-order chi connectivity index (χ1) is 43.8. The summed E-state index contributed by atoms with van der Waals surface area (Å²) in [7, 11) is 0. The maximum atomic E-state index is 13.4. The second kappa shape index (κ2) is 52.7. The molecule has 90 heavy (non-hydrogen) atoms. The summed E-state index contributed by atoms with van der Waals surface area (Å²) in [6.07, 6.45) is 37.7. The lowest BCUT2D eigenvalue weighted by atomic mass is 9.96. The van der Waals surface area contributed by atoms with E-state index >= 15 is 0 Å². The molecule has 524 valence electrons. The number of allylic oxidation sites excluding steroid dienone is 9. The summed E-state index contributed by atoms with van der Waals surface area (Å²) in [4.78, 5) is 13.4. The average molecular weight is 1280 g/mol. The van der Waals surface area contributed by atoms with Crippen molar-refractivity contribution in [2.75, 3.05) is 26.4 Å². The predicted octanol–water partition coefficient (Wildman–Crippen LogP) is 9.55. The van der Waals surface area contributed by atoms with E-state index in [0.717, 1.165) is 64.2 Å². The Hall–Kier alpha value is -2.51. The van der Waals surface area contributed by atoms with Gasteiger partial charge in [0.2, 0.25) is 5.91 Å². The Bertz CT molecular complexity index is 1870. The van der Waals surface area contributed by atoms with Gasteiger partial charge in [-0.05, 0) is 77.0 Å². The van der Waals surface area contributed by atoms with Crippen molar-refractivity contribution in [3.05, 3.63) is 60.8 Å². The fourth-order valence-electron chi connectivity index (χ4n) is 11.7. The fourth-order valence-corrected chi connectivity index (χ4v) is 11.7. The first kappa shape index (κ1) is 81.7. The quantitative estimate of drug-likeness (QED) is 0.0199. The van der Waals surface area contributed by atoms with E-state index in [1.807, 2.05) is 6.08 Å². The molecule has 19 nitrogen and oxygen atoms in total. The lowest BCUT2D eigenvalue weighted by molar-refractivity contribution is -0.379. The standard InChI is InChI=1S/C71H127NO18/c1-3-5-7-9-11-13-15-17-19-21-23-24-25-26-27-28-29-31-32-34-36-38-40-42-44-46-48-55(76)54(72-59(77)49-47-45-43-41-39-37-35-33-30-22-20-18-16-14-12-10-8-6-4-2)53-85-69-65(83)62(80)67(57(51-74)87-69)90-71-66(84)63(81)68(58(52-75)88-71)89-70-64(82)61(79)60(78)56(50-73)86-70/h12,14,18,20,31-32,38,40,46,48,54-58,60-71,73-76,78-84H,3-11,13,15-17,19,21-30,33-37,39,41-45,47,49-53H2,1-2H3,(H,72,77)/b14-12-,20-18-,32-31+,40-38+,48-46+. The highest BCUT2D eigenvalue weighted by molar-refractivity contribution is 5.76. The van der Waals surface area contributed by atoms with E-state index in [-0.39, 0.29) is 18.9 Å². The van der Waals surface area contributed by atoms with Crippen LogP contribution < -0.4 is 5.32 Å². The third-order valence-electron chi connectivity index (χ3n) is 17.5. The number of hydrogen-bond donors (Lipinski definition) is 12. The topological polar surface area (TPSA) is 307 Å². The van der Waals surface area contributed by atoms with Crippen molar-refractivity contribution in [1.82, 2.24) is 5.32 Å². The summed E-state index contributed by atoms with van der Waals surface area (Å²) in [5.41, 5.74) is 0. The summed E-state index contributed by atoms with van der Waals surface area (Å²) in [5, 5.41) is 121. The molecule has 3 aliphatic heterocycles. The molecule has 0 aromatic carbocycles. The minimum atomic E-state index is -1.98. The number of unbranched alkanes of at least 4 members (excludes halogenated alkanes) is 30. The van der Waals surface area contributed by atoms with Crippen LogP contribution in [0.4, 0.5) is 0 Å². The van der Waals surface area contributed by atoms with Crippen LogP contribution in [0.1, 0.15) is 251 Å². The molecule has 3 heterocycles. The number of aliphatic hydroxyl groups excluding tert-OH is 11. The van der Waals surface area contributed by atoms with E-state index in [9.17, 15) is 61.0 Å². The van der Waals surface area contributed by atoms with Crippen molar-refractivity contribution in [2.45, 2.75) is 356 Å². The van der Waals surface area contributed by atoms with Crippen molar-refractivity contribution in [3.63, 3.8) is 0 Å². The number of nitrogens with one attached hydrogen (secondary N) is 1. The van der Waals surface area contributed by atoms with Gasteiger partial charge in [0, 0.05) is 6.42 Å². The number of ether oxygens (including phenoxy) is 6. The maximum absolute atomic E-state index is 13.4. The first-order valence-corrected chi connectivity index (χ1v) is 35.5. The number of aliphatic hydroxyl groups is 11. The summed E-state index contributed by atoms with van der Waals surface area (Å²) in [6, 6.07) is -1.00. The largest absolute Gasteiger partial charge is 0.394 e. The van der Waals surface area contributed by atoms with E-state index < -0.39 is 124 Å². The van der Waals surface area contributed by atoms with Crippen molar-refractivity contribution < 1.29 is 89.4 Å². The molecule has 0 aromatic rings. The number of rotatable bonds is 54. The molecule has 17 atom stereocenters. The Balaban J connectivity index is 1.45. The van der Waals surface area contributed by atoms with Gasteiger partial charge in [0.1, 0.15) is 73.2 Å². The van der Waals surface area contributed by atoms with E-state index in [0.29, 0.717) is 12.8 Å². The van der Waals surface area contributed by atoms with Crippen LogP contribution in [0, 0.1) is 0 Å². The summed E-state index contributed by atoms with van der Waals surface area (Å²) in [6.45, 7) is 1.69. The van der Waals surface area contributed by atoms with Crippen LogP contribution in [0.2, 0.25) is 0 Å². The Morgan fingerprint density at radius 3 is 1.20 bits per heavy atom. The van der Waals surface area contributed by atoms with E-state index in [4.69, 9.17) is 28.4 Å². The van der Waals surface area contributed by atoms with Gasteiger partial charge in [-0.1, -0.05) is 229 Å². The van der Waals surface area contributed by atoms with Crippen LogP contribution >= 0.6 is 0 Å². The van der Waals surface area contributed by atoms with Gasteiger partial charge in [-0.2, -0.15) is 0 Å². The number of amides is 1. The van der Waals surface area contributed by atoms with Gasteiger partial charge in [-0.15, -0.1) is 0 Å². The van der Waals surface area contributed by atoms with Crippen LogP contribution in [0.25, 0.3) is 0 Å². The molecule has 3 aliphatic rings. The molecule has 0 radical (unpaired) electrons.